The van der Waals surface area contributed by atoms with E-state index >= 15 is 0 Å². The molecule has 3 aliphatic rings. The van der Waals surface area contributed by atoms with Crippen LogP contribution in [-0.2, 0) is 20.0 Å². The van der Waals surface area contributed by atoms with Gasteiger partial charge >= 0.3 is 0 Å². The van der Waals surface area contributed by atoms with Crippen LogP contribution in [0.15, 0.2) is 28.7 Å². The lowest BCUT2D eigenvalue weighted by molar-refractivity contribution is -0.128. The van der Waals surface area contributed by atoms with Crippen molar-refractivity contribution in [1.29, 1.82) is 5.26 Å². The van der Waals surface area contributed by atoms with Crippen molar-refractivity contribution in [3.63, 3.8) is 0 Å². The maximum absolute atomic E-state index is 14.6. The second-order valence-corrected chi connectivity index (χ2v) is 14.3. The first kappa shape index (κ1) is 26.7. The van der Waals surface area contributed by atoms with Crippen molar-refractivity contribution < 1.29 is 22.0 Å². The number of carbonyl (C=O) groups excluding carboxylic acids is 1. The summed E-state index contributed by atoms with van der Waals surface area (Å²) in [5.41, 5.74) is 1.20. The molecule has 8 nitrogen and oxygen atoms in total. The third-order valence-electron chi connectivity index (χ3n) is 7.93. The molecule has 0 spiro atoms. The number of nitrogens with zero attached hydrogens (tertiary/aromatic N) is 3. The Hall–Kier alpha value is -2.93. The van der Waals surface area contributed by atoms with Gasteiger partial charge in [0, 0.05) is 35.7 Å². The molecule has 5 rings (SSSR count). The third-order valence-corrected chi connectivity index (χ3v) is 9.54. The number of sulfone groups is 1. The maximum Gasteiger partial charge on any atom is 0.225 e. The number of carbonyl (C=O) groups is 1. The fourth-order valence-corrected chi connectivity index (χ4v) is 6.55. The summed E-state index contributed by atoms with van der Waals surface area (Å²) in [5.74, 6) is 0.105. The molecule has 2 saturated carbocycles. The zero-order valence-corrected chi connectivity index (χ0v) is 23.0. The summed E-state index contributed by atoms with van der Waals surface area (Å²) in [4.78, 5) is 20.2. The van der Waals surface area contributed by atoms with Crippen molar-refractivity contribution in [2.75, 3.05) is 29.5 Å². The maximum atomic E-state index is 14.6. The van der Waals surface area contributed by atoms with Crippen molar-refractivity contribution in [1.82, 2.24) is 10.3 Å². The fraction of sp³-hybridized carbons (Fsp3) is 0.607. The van der Waals surface area contributed by atoms with E-state index < -0.39 is 27.5 Å². The molecule has 0 radical (unpaired) electrons. The second kappa shape index (κ2) is 9.67. The highest BCUT2D eigenvalue weighted by molar-refractivity contribution is 7.91. The van der Waals surface area contributed by atoms with E-state index in [1.165, 1.54) is 0 Å². The van der Waals surface area contributed by atoms with Crippen LogP contribution < -0.4 is 10.2 Å². The largest absolute Gasteiger partial charge is 0.444 e. The standard InChI is InChI=1S/C28H35FN4O4S/c1-27(2,3)26-31-23(18-4-7-20(8-5-18)33-12-14-38(35,36)15-13-33)24(37-26)21-9-6-19(29)16-22(21)25(34)32-28(17-30)10-11-28/h4-5,7-8,19,21-22H,6,9-16H2,1-3H3,(H,32,34)/t19-,21+,22+/m0/s1. The molecule has 1 N–H and O–H groups in total. The average molecular weight is 543 g/mol. The van der Waals surface area contributed by atoms with Crippen LogP contribution >= 0.6 is 0 Å². The number of rotatable bonds is 5. The van der Waals surface area contributed by atoms with Crippen molar-refractivity contribution in [2.45, 2.75) is 75.9 Å². The average Bonchev–Trinajstić information content (AvgIpc) is 3.49. The Bertz CT molecular complexity index is 1340. The lowest BCUT2D eigenvalue weighted by Gasteiger charge is -2.32. The first-order valence-corrected chi connectivity index (χ1v) is 15.2. The van der Waals surface area contributed by atoms with Crippen LogP contribution in [0.5, 0.6) is 0 Å². The molecule has 0 unspecified atom stereocenters. The van der Waals surface area contributed by atoms with Gasteiger partial charge in [0.1, 0.15) is 23.2 Å². The number of amides is 1. The summed E-state index contributed by atoms with van der Waals surface area (Å²) >= 11 is 0. The van der Waals surface area contributed by atoms with Gasteiger partial charge in [0.25, 0.3) is 0 Å². The topological polar surface area (TPSA) is 116 Å². The molecular weight excluding hydrogens is 507 g/mol. The minimum atomic E-state index is -2.97. The molecule has 1 amide bonds. The number of hydrogen-bond acceptors (Lipinski definition) is 7. The smallest absolute Gasteiger partial charge is 0.225 e. The Morgan fingerprint density at radius 2 is 1.84 bits per heavy atom. The molecule has 3 fully saturated rings. The van der Waals surface area contributed by atoms with E-state index in [1.54, 1.807) is 0 Å². The highest BCUT2D eigenvalue weighted by Crippen LogP contribution is 2.45. The zero-order chi connectivity index (χ0) is 27.3. The normalized spacial score (nSPS) is 26.4. The quantitative estimate of drug-likeness (QED) is 0.600. The summed E-state index contributed by atoms with van der Waals surface area (Å²) in [7, 11) is -2.97. The Balaban J connectivity index is 1.47. The molecule has 2 heterocycles. The van der Waals surface area contributed by atoms with E-state index in [0.29, 0.717) is 56.1 Å². The number of anilines is 1. The van der Waals surface area contributed by atoms with Crippen LogP contribution in [0.4, 0.5) is 10.1 Å². The molecule has 1 aromatic heterocycles. The van der Waals surface area contributed by atoms with Crippen molar-refractivity contribution in [2.24, 2.45) is 5.92 Å². The van der Waals surface area contributed by atoms with Crippen molar-refractivity contribution in [3.8, 4) is 17.3 Å². The van der Waals surface area contributed by atoms with Gasteiger partial charge in [-0.15, -0.1) is 0 Å². The molecule has 3 atom stereocenters. The number of nitriles is 1. The predicted molar refractivity (Wildman–Crippen MR) is 142 cm³/mol. The van der Waals surface area contributed by atoms with Gasteiger partial charge in [-0.2, -0.15) is 5.26 Å². The van der Waals surface area contributed by atoms with E-state index in [2.05, 4.69) is 16.3 Å². The van der Waals surface area contributed by atoms with Gasteiger partial charge in [0.2, 0.25) is 5.91 Å². The molecule has 38 heavy (non-hydrogen) atoms. The van der Waals surface area contributed by atoms with Gasteiger partial charge in [-0.05, 0) is 44.2 Å². The molecule has 2 aliphatic carbocycles. The van der Waals surface area contributed by atoms with Gasteiger partial charge in [0.05, 0.1) is 23.5 Å². The van der Waals surface area contributed by atoms with Crippen LogP contribution in [-0.4, -0.2) is 55.6 Å². The summed E-state index contributed by atoms with van der Waals surface area (Å²) in [6.45, 7) is 6.93. The second-order valence-electron chi connectivity index (χ2n) is 12.0. The number of nitrogens with one attached hydrogen (secondary N) is 1. The number of benzene rings is 1. The van der Waals surface area contributed by atoms with Crippen LogP contribution in [0, 0.1) is 17.2 Å². The first-order chi connectivity index (χ1) is 17.9. The molecule has 1 saturated heterocycles. The third kappa shape index (κ3) is 5.44. The van der Waals surface area contributed by atoms with Crippen molar-refractivity contribution in [3.05, 3.63) is 35.9 Å². The number of hydrogen-bond donors (Lipinski definition) is 1. The Labute approximate surface area is 223 Å². The minimum Gasteiger partial charge on any atom is -0.444 e. The molecule has 10 heteroatoms. The minimum absolute atomic E-state index is 0.0831. The molecule has 1 aliphatic heterocycles. The molecular formula is C28H35FN4O4S. The first-order valence-electron chi connectivity index (χ1n) is 13.3. The van der Waals surface area contributed by atoms with Gasteiger partial charge < -0.3 is 14.6 Å². The van der Waals surface area contributed by atoms with Gasteiger partial charge in [-0.1, -0.05) is 32.9 Å². The zero-order valence-electron chi connectivity index (χ0n) is 22.2. The monoisotopic (exact) mass is 542 g/mol. The van der Waals surface area contributed by atoms with E-state index in [4.69, 9.17) is 9.40 Å². The summed E-state index contributed by atoms with van der Waals surface area (Å²) in [6, 6.07) is 9.98. The van der Waals surface area contributed by atoms with E-state index in [-0.39, 0.29) is 35.2 Å². The van der Waals surface area contributed by atoms with Gasteiger partial charge in [0.15, 0.2) is 15.7 Å². The SMILES string of the molecule is CC(C)(C)c1nc(-c2ccc(N3CCS(=O)(=O)CC3)cc2)c([C@@H]2CC[C@H](F)C[C@H]2C(=O)NC2(C#N)CC2)o1. The van der Waals surface area contributed by atoms with Gasteiger partial charge in [-0.25, -0.2) is 17.8 Å². The number of halogens is 1. The summed E-state index contributed by atoms with van der Waals surface area (Å²) in [6.07, 6.45) is 1.01. The van der Waals surface area contributed by atoms with Crippen molar-refractivity contribution >= 4 is 21.4 Å². The van der Waals surface area contributed by atoms with Crippen LogP contribution in [0.2, 0.25) is 0 Å². The van der Waals surface area contributed by atoms with Crippen LogP contribution in [0.1, 0.15) is 70.4 Å². The molecule has 2 aromatic rings. The fourth-order valence-electron chi connectivity index (χ4n) is 5.35. The Morgan fingerprint density at radius 3 is 2.42 bits per heavy atom. The molecule has 204 valence electrons. The molecule has 1 aromatic carbocycles. The number of alkyl halides is 1. The number of oxazole rings is 1. The van der Waals surface area contributed by atoms with E-state index in [0.717, 1.165) is 11.3 Å². The summed E-state index contributed by atoms with van der Waals surface area (Å²) in [5, 5.41) is 12.3. The Kier molecular flexibility index (Phi) is 6.79. The Morgan fingerprint density at radius 1 is 1.18 bits per heavy atom. The predicted octanol–water partition coefficient (Wildman–Crippen LogP) is 4.27. The highest BCUT2D eigenvalue weighted by atomic mass is 32.2. The van der Waals surface area contributed by atoms with E-state index in [9.17, 15) is 22.9 Å². The van der Waals surface area contributed by atoms with Crippen LogP contribution in [0.3, 0.4) is 0 Å². The van der Waals surface area contributed by atoms with Crippen LogP contribution in [0.25, 0.3) is 11.3 Å². The summed E-state index contributed by atoms with van der Waals surface area (Å²) < 4.78 is 44.6. The van der Waals surface area contributed by atoms with E-state index in [1.807, 2.05) is 45.0 Å². The highest BCUT2D eigenvalue weighted by Gasteiger charge is 2.48. The number of aromatic nitrogens is 1. The van der Waals surface area contributed by atoms with Gasteiger partial charge in [-0.3, -0.25) is 4.79 Å². The lowest BCUT2D eigenvalue weighted by atomic mass is 9.75. The lowest BCUT2D eigenvalue weighted by Crippen LogP contribution is -2.44. The molecule has 0 bridgehead atoms.